The SMILES string of the molecule is CCC1(C(N)c2cc(Br)ccc2Br)CCCC1. The van der Waals surface area contributed by atoms with Crippen LogP contribution in [0.15, 0.2) is 27.1 Å². The minimum atomic E-state index is 0.141. The van der Waals surface area contributed by atoms with Gasteiger partial charge in [-0.25, -0.2) is 0 Å². The van der Waals surface area contributed by atoms with E-state index in [1.807, 2.05) is 6.07 Å². The van der Waals surface area contributed by atoms with Crippen molar-refractivity contribution in [3.05, 3.63) is 32.7 Å². The first-order chi connectivity index (χ1) is 8.09. The van der Waals surface area contributed by atoms with Gasteiger partial charge >= 0.3 is 0 Å². The topological polar surface area (TPSA) is 26.0 Å². The summed E-state index contributed by atoms with van der Waals surface area (Å²) in [5.41, 5.74) is 8.11. The molecule has 1 nitrogen and oxygen atoms in total. The number of benzene rings is 1. The highest BCUT2D eigenvalue weighted by Gasteiger charge is 2.39. The Morgan fingerprint density at radius 1 is 1.29 bits per heavy atom. The molecule has 0 heterocycles. The molecule has 1 aliphatic rings. The van der Waals surface area contributed by atoms with Gasteiger partial charge in [-0.15, -0.1) is 0 Å². The molecular formula is C14H19Br2N. The lowest BCUT2D eigenvalue weighted by Gasteiger charge is -2.35. The second kappa shape index (κ2) is 5.41. The molecule has 1 fully saturated rings. The highest BCUT2D eigenvalue weighted by atomic mass is 79.9. The fraction of sp³-hybridized carbons (Fsp3) is 0.571. The molecule has 1 atom stereocenters. The summed E-state index contributed by atoms with van der Waals surface area (Å²) in [6.07, 6.45) is 6.36. The van der Waals surface area contributed by atoms with Gasteiger partial charge in [-0.3, -0.25) is 0 Å². The van der Waals surface area contributed by atoms with Crippen LogP contribution in [0, 0.1) is 5.41 Å². The molecule has 0 saturated heterocycles. The molecule has 0 aromatic heterocycles. The van der Waals surface area contributed by atoms with Gasteiger partial charge < -0.3 is 5.73 Å². The van der Waals surface area contributed by atoms with Gasteiger partial charge in [-0.05, 0) is 48.4 Å². The molecular weight excluding hydrogens is 342 g/mol. The van der Waals surface area contributed by atoms with Crippen molar-refractivity contribution in [3.63, 3.8) is 0 Å². The molecule has 1 unspecified atom stereocenters. The summed E-state index contributed by atoms with van der Waals surface area (Å²) in [4.78, 5) is 0. The molecule has 17 heavy (non-hydrogen) atoms. The van der Waals surface area contributed by atoms with E-state index in [1.54, 1.807) is 0 Å². The highest BCUT2D eigenvalue weighted by Crippen LogP contribution is 2.50. The zero-order chi connectivity index (χ0) is 12.5. The maximum Gasteiger partial charge on any atom is 0.0363 e. The normalized spacial score (nSPS) is 20.5. The second-order valence-electron chi connectivity index (χ2n) is 5.07. The fourth-order valence-corrected chi connectivity index (χ4v) is 3.92. The Morgan fingerprint density at radius 3 is 2.53 bits per heavy atom. The quantitative estimate of drug-likeness (QED) is 0.789. The van der Waals surface area contributed by atoms with E-state index in [1.165, 1.54) is 37.7 Å². The van der Waals surface area contributed by atoms with Crippen LogP contribution in [-0.2, 0) is 0 Å². The monoisotopic (exact) mass is 359 g/mol. The van der Waals surface area contributed by atoms with Crippen LogP contribution in [0.3, 0.4) is 0 Å². The van der Waals surface area contributed by atoms with E-state index >= 15 is 0 Å². The maximum atomic E-state index is 6.56. The van der Waals surface area contributed by atoms with Crippen LogP contribution in [0.25, 0.3) is 0 Å². The summed E-state index contributed by atoms with van der Waals surface area (Å²) in [7, 11) is 0. The zero-order valence-electron chi connectivity index (χ0n) is 10.2. The molecule has 0 bridgehead atoms. The predicted molar refractivity (Wildman–Crippen MR) is 80.0 cm³/mol. The molecule has 2 rings (SSSR count). The van der Waals surface area contributed by atoms with Crippen molar-refractivity contribution in [2.24, 2.45) is 11.1 Å². The summed E-state index contributed by atoms with van der Waals surface area (Å²) in [5, 5.41) is 0. The molecule has 0 spiro atoms. The lowest BCUT2D eigenvalue weighted by Crippen LogP contribution is -2.32. The fourth-order valence-electron chi connectivity index (χ4n) is 3.05. The van der Waals surface area contributed by atoms with Crippen molar-refractivity contribution in [1.82, 2.24) is 0 Å². The Morgan fingerprint density at radius 2 is 1.94 bits per heavy atom. The molecule has 1 aromatic carbocycles. The molecule has 1 aromatic rings. The van der Waals surface area contributed by atoms with Crippen molar-refractivity contribution in [1.29, 1.82) is 0 Å². The smallest absolute Gasteiger partial charge is 0.0363 e. The van der Waals surface area contributed by atoms with Crippen LogP contribution in [0.2, 0.25) is 0 Å². The van der Waals surface area contributed by atoms with Crippen LogP contribution < -0.4 is 5.73 Å². The number of nitrogens with two attached hydrogens (primary N) is 1. The van der Waals surface area contributed by atoms with Crippen LogP contribution in [0.4, 0.5) is 0 Å². The molecule has 1 saturated carbocycles. The van der Waals surface area contributed by atoms with Gasteiger partial charge in [-0.1, -0.05) is 51.6 Å². The Kier molecular flexibility index (Phi) is 4.32. The van der Waals surface area contributed by atoms with Crippen molar-refractivity contribution in [2.75, 3.05) is 0 Å². The lowest BCUT2D eigenvalue weighted by molar-refractivity contribution is 0.221. The molecule has 1 aliphatic carbocycles. The number of halogens is 2. The number of hydrogen-bond donors (Lipinski definition) is 1. The predicted octanol–water partition coefficient (Wildman–Crippen LogP) is 5.18. The van der Waals surface area contributed by atoms with Gasteiger partial charge in [0.1, 0.15) is 0 Å². The molecule has 0 aliphatic heterocycles. The molecule has 0 amide bonds. The van der Waals surface area contributed by atoms with Crippen molar-refractivity contribution < 1.29 is 0 Å². The highest BCUT2D eigenvalue weighted by molar-refractivity contribution is 9.11. The van der Waals surface area contributed by atoms with E-state index in [9.17, 15) is 0 Å². The first kappa shape index (κ1) is 13.6. The lowest BCUT2D eigenvalue weighted by atomic mass is 9.74. The van der Waals surface area contributed by atoms with E-state index in [0.29, 0.717) is 5.41 Å². The molecule has 94 valence electrons. The molecule has 2 N–H and O–H groups in total. The third kappa shape index (κ3) is 2.61. The largest absolute Gasteiger partial charge is 0.323 e. The summed E-state index contributed by atoms with van der Waals surface area (Å²) in [5.74, 6) is 0. The van der Waals surface area contributed by atoms with Crippen LogP contribution in [0.1, 0.15) is 50.6 Å². The molecule has 3 heteroatoms. The Labute approximate surface area is 120 Å². The summed E-state index contributed by atoms with van der Waals surface area (Å²) >= 11 is 7.17. The third-order valence-corrected chi connectivity index (χ3v) is 5.47. The minimum Gasteiger partial charge on any atom is -0.323 e. The zero-order valence-corrected chi connectivity index (χ0v) is 13.4. The Balaban J connectivity index is 2.35. The van der Waals surface area contributed by atoms with Crippen molar-refractivity contribution >= 4 is 31.9 Å². The van der Waals surface area contributed by atoms with E-state index in [-0.39, 0.29) is 6.04 Å². The van der Waals surface area contributed by atoms with E-state index in [2.05, 4.69) is 50.9 Å². The van der Waals surface area contributed by atoms with Crippen molar-refractivity contribution in [3.8, 4) is 0 Å². The number of hydrogen-bond acceptors (Lipinski definition) is 1. The maximum absolute atomic E-state index is 6.56. The standard InChI is InChI=1S/C14H19Br2N/c1-2-14(7-3-4-8-14)13(17)11-9-10(15)5-6-12(11)16/h5-6,9,13H,2-4,7-8,17H2,1H3. The van der Waals surface area contributed by atoms with Crippen LogP contribution >= 0.6 is 31.9 Å². The average Bonchev–Trinajstić information content (AvgIpc) is 2.81. The second-order valence-corrected chi connectivity index (χ2v) is 6.84. The van der Waals surface area contributed by atoms with E-state index in [0.717, 1.165) is 8.95 Å². The van der Waals surface area contributed by atoms with Crippen LogP contribution in [-0.4, -0.2) is 0 Å². The third-order valence-electron chi connectivity index (χ3n) is 4.26. The van der Waals surface area contributed by atoms with Crippen LogP contribution in [0.5, 0.6) is 0 Å². The van der Waals surface area contributed by atoms with Gasteiger partial charge in [0.15, 0.2) is 0 Å². The summed E-state index contributed by atoms with van der Waals surface area (Å²) < 4.78 is 2.24. The van der Waals surface area contributed by atoms with Gasteiger partial charge in [0, 0.05) is 15.0 Å². The van der Waals surface area contributed by atoms with E-state index < -0.39 is 0 Å². The Hall–Kier alpha value is 0.140. The number of rotatable bonds is 3. The van der Waals surface area contributed by atoms with Gasteiger partial charge in [0.2, 0.25) is 0 Å². The van der Waals surface area contributed by atoms with Gasteiger partial charge in [0.05, 0.1) is 0 Å². The minimum absolute atomic E-state index is 0.141. The van der Waals surface area contributed by atoms with Crippen molar-refractivity contribution in [2.45, 2.75) is 45.1 Å². The summed E-state index contributed by atoms with van der Waals surface area (Å²) in [6, 6.07) is 6.43. The Bertz CT molecular complexity index is 397. The van der Waals surface area contributed by atoms with Gasteiger partial charge in [0.25, 0.3) is 0 Å². The van der Waals surface area contributed by atoms with Gasteiger partial charge in [-0.2, -0.15) is 0 Å². The van der Waals surface area contributed by atoms with E-state index in [4.69, 9.17) is 5.73 Å². The first-order valence-electron chi connectivity index (χ1n) is 6.29. The first-order valence-corrected chi connectivity index (χ1v) is 7.88. The summed E-state index contributed by atoms with van der Waals surface area (Å²) in [6.45, 7) is 2.27. The average molecular weight is 361 g/mol. The molecule has 0 radical (unpaired) electrons.